The summed E-state index contributed by atoms with van der Waals surface area (Å²) >= 11 is 2.01. The molecule has 0 unspecified atom stereocenters. The van der Waals surface area contributed by atoms with Crippen molar-refractivity contribution in [1.29, 1.82) is 0 Å². The molecule has 2 heterocycles. The van der Waals surface area contributed by atoms with Gasteiger partial charge >= 0.3 is 0 Å². The standard InChI is InChI=1S/C12H21N5OS/c1-9-15-10(16-18-9)7-14-11(13-4)17-5-6-19-12(2,3)8-17/h5-8H2,1-4H3,(H,13,14). The number of nitrogens with zero attached hydrogens (tertiary/aromatic N) is 4. The van der Waals surface area contributed by atoms with Crippen molar-refractivity contribution in [1.82, 2.24) is 20.4 Å². The van der Waals surface area contributed by atoms with Crippen molar-refractivity contribution in [2.75, 3.05) is 25.9 Å². The summed E-state index contributed by atoms with van der Waals surface area (Å²) in [5.41, 5.74) is 0. The highest BCUT2D eigenvalue weighted by molar-refractivity contribution is 8.00. The Morgan fingerprint density at radius 2 is 2.37 bits per heavy atom. The van der Waals surface area contributed by atoms with Crippen LogP contribution in [0.5, 0.6) is 0 Å². The zero-order valence-electron chi connectivity index (χ0n) is 11.9. The van der Waals surface area contributed by atoms with Gasteiger partial charge in [0.15, 0.2) is 11.8 Å². The van der Waals surface area contributed by atoms with Crippen LogP contribution in [0.1, 0.15) is 25.6 Å². The molecule has 2 rings (SSSR count). The van der Waals surface area contributed by atoms with Gasteiger partial charge in [0, 0.05) is 37.6 Å². The Morgan fingerprint density at radius 3 is 2.95 bits per heavy atom. The van der Waals surface area contributed by atoms with Crippen molar-refractivity contribution >= 4 is 17.7 Å². The average Bonchev–Trinajstić information content (AvgIpc) is 2.75. The molecule has 6 nitrogen and oxygen atoms in total. The van der Waals surface area contributed by atoms with Crippen LogP contribution in [0.15, 0.2) is 9.52 Å². The van der Waals surface area contributed by atoms with E-state index in [-0.39, 0.29) is 4.75 Å². The van der Waals surface area contributed by atoms with E-state index in [1.165, 1.54) is 0 Å². The molecule has 0 atom stereocenters. The second-order valence-electron chi connectivity index (χ2n) is 5.16. The summed E-state index contributed by atoms with van der Waals surface area (Å²) in [5.74, 6) is 3.26. The van der Waals surface area contributed by atoms with Gasteiger partial charge in [-0.1, -0.05) is 5.16 Å². The quantitative estimate of drug-likeness (QED) is 0.651. The second-order valence-corrected chi connectivity index (χ2v) is 6.96. The van der Waals surface area contributed by atoms with Crippen LogP contribution in [0.3, 0.4) is 0 Å². The van der Waals surface area contributed by atoms with Crippen LogP contribution in [0.4, 0.5) is 0 Å². The lowest BCUT2D eigenvalue weighted by atomic mass is 10.2. The molecule has 0 spiro atoms. The molecule has 19 heavy (non-hydrogen) atoms. The Bertz CT molecular complexity index is 457. The zero-order chi connectivity index (χ0) is 13.9. The largest absolute Gasteiger partial charge is 0.349 e. The van der Waals surface area contributed by atoms with E-state index in [4.69, 9.17) is 4.52 Å². The van der Waals surface area contributed by atoms with Crippen LogP contribution in [0.2, 0.25) is 0 Å². The van der Waals surface area contributed by atoms with Crippen molar-refractivity contribution in [2.24, 2.45) is 4.99 Å². The molecule has 0 aliphatic carbocycles. The van der Waals surface area contributed by atoms with E-state index in [0.29, 0.717) is 18.3 Å². The lowest BCUT2D eigenvalue weighted by molar-refractivity contribution is 0.371. The first kappa shape index (κ1) is 14.2. The van der Waals surface area contributed by atoms with E-state index in [2.05, 4.69) is 39.2 Å². The number of nitrogens with one attached hydrogen (secondary N) is 1. The molecule has 1 saturated heterocycles. The summed E-state index contributed by atoms with van der Waals surface area (Å²) in [6.07, 6.45) is 0. The number of aliphatic imine (C=N–C) groups is 1. The molecular weight excluding hydrogens is 262 g/mol. The summed E-state index contributed by atoms with van der Waals surface area (Å²) < 4.78 is 5.21. The molecule has 0 bridgehead atoms. The van der Waals surface area contributed by atoms with Crippen molar-refractivity contribution in [3.05, 3.63) is 11.7 Å². The zero-order valence-corrected chi connectivity index (χ0v) is 12.8. The lowest BCUT2D eigenvalue weighted by Gasteiger charge is -2.39. The maximum atomic E-state index is 4.95. The molecule has 1 aromatic heterocycles. The minimum atomic E-state index is 0.262. The fourth-order valence-corrected chi connectivity index (χ4v) is 3.21. The monoisotopic (exact) mass is 283 g/mol. The lowest BCUT2D eigenvalue weighted by Crippen LogP contribution is -2.50. The van der Waals surface area contributed by atoms with E-state index < -0.39 is 0 Å². The van der Waals surface area contributed by atoms with E-state index in [9.17, 15) is 0 Å². The molecular formula is C12H21N5OS. The predicted octanol–water partition coefficient (Wildman–Crippen LogP) is 1.28. The molecule has 1 aromatic rings. The van der Waals surface area contributed by atoms with Crippen molar-refractivity contribution < 1.29 is 4.52 Å². The maximum Gasteiger partial charge on any atom is 0.223 e. The van der Waals surface area contributed by atoms with Crippen LogP contribution in [-0.2, 0) is 6.54 Å². The molecule has 1 N–H and O–H groups in total. The minimum absolute atomic E-state index is 0.262. The number of hydrogen-bond donors (Lipinski definition) is 1. The number of thioether (sulfide) groups is 1. The topological polar surface area (TPSA) is 66.5 Å². The smallest absolute Gasteiger partial charge is 0.223 e. The third-order valence-electron chi connectivity index (χ3n) is 2.91. The number of rotatable bonds is 2. The Balaban J connectivity index is 1.93. The molecule has 1 aliphatic rings. The molecule has 0 amide bonds. The fourth-order valence-electron chi connectivity index (χ4n) is 2.10. The Morgan fingerprint density at radius 1 is 1.58 bits per heavy atom. The molecule has 106 valence electrons. The van der Waals surface area contributed by atoms with Gasteiger partial charge in [0.1, 0.15) is 0 Å². The number of hydrogen-bond acceptors (Lipinski definition) is 5. The van der Waals surface area contributed by atoms with Crippen LogP contribution in [-0.4, -0.2) is 51.6 Å². The molecule has 1 aliphatic heterocycles. The summed E-state index contributed by atoms with van der Waals surface area (Å²) in [4.78, 5) is 10.8. The van der Waals surface area contributed by atoms with Gasteiger partial charge in [-0.2, -0.15) is 16.7 Å². The summed E-state index contributed by atoms with van der Waals surface area (Å²) in [6.45, 7) is 8.85. The second kappa shape index (κ2) is 5.81. The van der Waals surface area contributed by atoms with E-state index >= 15 is 0 Å². The van der Waals surface area contributed by atoms with Gasteiger partial charge in [0.25, 0.3) is 0 Å². The van der Waals surface area contributed by atoms with Crippen LogP contribution in [0, 0.1) is 6.92 Å². The fraction of sp³-hybridized carbons (Fsp3) is 0.750. The Labute approximate surface area is 118 Å². The van der Waals surface area contributed by atoms with Crippen LogP contribution >= 0.6 is 11.8 Å². The molecule has 1 fully saturated rings. The van der Waals surface area contributed by atoms with Gasteiger partial charge in [-0.15, -0.1) is 0 Å². The van der Waals surface area contributed by atoms with Crippen molar-refractivity contribution in [3.8, 4) is 0 Å². The van der Waals surface area contributed by atoms with Gasteiger partial charge in [-0.3, -0.25) is 4.99 Å². The van der Waals surface area contributed by atoms with Crippen LogP contribution < -0.4 is 5.32 Å². The first-order valence-corrected chi connectivity index (χ1v) is 7.37. The predicted molar refractivity (Wildman–Crippen MR) is 77.3 cm³/mol. The summed E-state index contributed by atoms with van der Waals surface area (Å²) in [7, 11) is 1.80. The third kappa shape index (κ3) is 3.86. The van der Waals surface area contributed by atoms with Crippen LogP contribution in [0.25, 0.3) is 0 Å². The summed E-state index contributed by atoms with van der Waals surface area (Å²) in [6, 6.07) is 0. The molecule has 0 radical (unpaired) electrons. The summed E-state index contributed by atoms with van der Waals surface area (Å²) in [5, 5.41) is 7.16. The first-order valence-electron chi connectivity index (χ1n) is 6.39. The normalized spacial score (nSPS) is 19.6. The average molecular weight is 283 g/mol. The first-order chi connectivity index (χ1) is 9.00. The van der Waals surface area contributed by atoms with Gasteiger partial charge < -0.3 is 14.7 Å². The highest BCUT2D eigenvalue weighted by Crippen LogP contribution is 2.29. The number of aromatic nitrogens is 2. The highest BCUT2D eigenvalue weighted by atomic mass is 32.2. The highest BCUT2D eigenvalue weighted by Gasteiger charge is 2.28. The minimum Gasteiger partial charge on any atom is -0.349 e. The van der Waals surface area contributed by atoms with Gasteiger partial charge in [-0.05, 0) is 13.8 Å². The molecule has 0 saturated carbocycles. The Kier molecular flexibility index (Phi) is 4.34. The van der Waals surface area contributed by atoms with Gasteiger partial charge in [-0.25, -0.2) is 0 Å². The molecule has 7 heteroatoms. The van der Waals surface area contributed by atoms with E-state index in [1.54, 1.807) is 14.0 Å². The number of aryl methyl sites for hydroxylation is 1. The van der Waals surface area contributed by atoms with Gasteiger partial charge in [0.05, 0.1) is 6.54 Å². The van der Waals surface area contributed by atoms with Crippen molar-refractivity contribution in [2.45, 2.75) is 32.1 Å². The van der Waals surface area contributed by atoms with Crippen molar-refractivity contribution in [3.63, 3.8) is 0 Å². The van der Waals surface area contributed by atoms with Gasteiger partial charge in [0.2, 0.25) is 5.89 Å². The SMILES string of the molecule is CN=C(NCc1noc(C)n1)N1CCSC(C)(C)C1. The Hall–Kier alpha value is -1.24. The number of guanidine groups is 1. The molecule has 0 aromatic carbocycles. The van der Waals surface area contributed by atoms with E-state index in [1.807, 2.05) is 11.8 Å². The van der Waals surface area contributed by atoms with E-state index in [0.717, 1.165) is 24.8 Å². The third-order valence-corrected chi connectivity index (χ3v) is 4.21. The maximum absolute atomic E-state index is 4.95.